The quantitative estimate of drug-likeness (QED) is 0.681. The lowest BCUT2D eigenvalue weighted by molar-refractivity contribution is 0.0626. The van der Waals surface area contributed by atoms with E-state index in [-0.39, 0.29) is 5.69 Å². The highest BCUT2D eigenvalue weighted by Gasteiger charge is 2.16. The van der Waals surface area contributed by atoms with Crippen LogP contribution in [-0.2, 0) is 11.3 Å². The number of pyridine rings is 1. The van der Waals surface area contributed by atoms with E-state index >= 15 is 0 Å². The number of aromatic nitrogens is 3. The average molecular weight is 382 g/mol. The van der Waals surface area contributed by atoms with E-state index in [0.29, 0.717) is 18.3 Å². The van der Waals surface area contributed by atoms with Crippen LogP contribution in [0.5, 0.6) is 5.75 Å². The first kappa shape index (κ1) is 18.6. The number of aryl methyl sites for hydroxylation is 2. The normalized spacial score (nSPS) is 15.1. The molecule has 2 aromatic heterocycles. The zero-order valence-corrected chi connectivity index (χ0v) is 16.3. The summed E-state index contributed by atoms with van der Waals surface area (Å²) in [6.07, 6.45) is 4.84. The number of aromatic amines is 1. The Bertz CT molecular complexity index is 1020. The summed E-state index contributed by atoms with van der Waals surface area (Å²) in [7, 11) is 1.66. The molecule has 1 saturated heterocycles. The molecular weight excluding hydrogens is 356 g/mol. The van der Waals surface area contributed by atoms with Crippen molar-refractivity contribution in [2.75, 3.05) is 25.6 Å². The molecule has 0 aliphatic carbocycles. The second-order valence-electron chi connectivity index (χ2n) is 7.32. The summed E-state index contributed by atoms with van der Waals surface area (Å²) in [5.41, 5.74) is 3.57. The van der Waals surface area contributed by atoms with Gasteiger partial charge in [-0.1, -0.05) is 0 Å². The summed E-state index contributed by atoms with van der Waals surface area (Å²) in [5.74, 6) is 2.14. The van der Waals surface area contributed by atoms with Crippen molar-refractivity contribution in [3.63, 3.8) is 0 Å². The van der Waals surface area contributed by atoms with Crippen molar-refractivity contribution in [2.45, 2.75) is 32.7 Å². The van der Waals surface area contributed by atoms with Gasteiger partial charge in [0.2, 0.25) is 0 Å². The van der Waals surface area contributed by atoms with E-state index < -0.39 is 0 Å². The summed E-state index contributed by atoms with van der Waals surface area (Å²) in [4.78, 5) is 19.8. The molecule has 3 heterocycles. The van der Waals surface area contributed by atoms with Gasteiger partial charge in [0, 0.05) is 31.5 Å². The SMILES string of the molecule is COc1ccc(Nc2cc3c(cn2)[nH]c(=O)n3CCC2CCOCC2)c(C)c1. The summed E-state index contributed by atoms with van der Waals surface area (Å²) >= 11 is 0. The molecule has 7 nitrogen and oxygen atoms in total. The summed E-state index contributed by atoms with van der Waals surface area (Å²) < 4.78 is 12.5. The second-order valence-corrected chi connectivity index (χ2v) is 7.32. The molecule has 1 aromatic carbocycles. The van der Waals surface area contributed by atoms with Gasteiger partial charge < -0.3 is 19.8 Å². The number of methoxy groups -OCH3 is 1. The van der Waals surface area contributed by atoms with Crippen LogP contribution in [0, 0.1) is 12.8 Å². The first-order valence-electron chi connectivity index (χ1n) is 9.72. The van der Waals surface area contributed by atoms with Gasteiger partial charge in [0.1, 0.15) is 11.6 Å². The Balaban J connectivity index is 1.56. The number of hydrogen-bond donors (Lipinski definition) is 2. The largest absolute Gasteiger partial charge is 0.497 e. The Morgan fingerprint density at radius 3 is 2.89 bits per heavy atom. The number of imidazole rings is 1. The fourth-order valence-electron chi connectivity index (χ4n) is 3.73. The fraction of sp³-hybridized carbons (Fsp3) is 0.429. The summed E-state index contributed by atoms with van der Waals surface area (Å²) in [6, 6.07) is 7.78. The number of H-pyrrole nitrogens is 1. The highest BCUT2D eigenvalue weighted by Crippen LogP contribution is 2.25. The number of benzene rings is 1. The van der Waals surface area contributed by atoms with Crippen molar-refractivity contribution in [1.82, 2.24) is 14.5 Å². The van der Waals surface area contributed by atoms with Crippen LogP contribution in [0.1, 0.15) is 24.8 Å². The molecule has 0 atom stereocenters. The molecule has 1 aliphatic rings. The molecule has 28 heavy (non-hydrogen) atoms. The predicted octanol–water partition coefficient (Wildman–Crippen LogP) is 3.60. The summed E-state index contributed by atoms with van der Waals surface area (Å²) in [5, 5.41) is 3.35. The molecule has 2 N–H and O–H groups in total. The zero-order valence-electron chi connectivity index (χ0n) is 16.3. The molecule has 3 aromatic rings. The molecular formula is C21H26N4O3. The molecule has 1 aliphatic heterocycles. The van der Waals surface area contributed by atoms with Crippen LogP contribution in [0.4, 0.5) is 11.5 Å². The highest BCUT2D eigenvalue weighted by molar-refractivity contribution is 5.78. The Hall–Kier alpha value is -2.80. The van der Waals surface area contributed by atoms with E-state index in [1.54, 1.807) is 13.3 Å². The Morgan fingerprint density at radius 2 is 2.14 bits per heavy atom. The minimum absolute atomic E-state index is 0.0818. The van der Waals surface area contributed by atoms with Crippen LogP contribution in [0.15, 0.2) is 35.3 Å². The van der Waals surface area contributed by atoms with E-state index in [2.05, 4.69) is 15.3 Å². The van der Waals surface area contributed by atoms with Crippen LogP contribution < -0.4 is 15.7 Å². The molecule has 0 unspecified atom stereocenters. The Kier molecular flexibility index (Phi) is 5.34. The minimum atomic E-state index is -0.0818. The van der Waals surface area contributed by atoms with Crippen molar-refractivity contribution in [3.05, 3.63) is 46.5 Å². The standard InChI is InChI=1S/C21H26N4O3/c1-14-11-16(27-2)3-4-17(14)23-20-12-19-18(13-22-20)24-21(26)25(19)8-5-15-6-9-28-10-7-15/h3-4,11-13,15H,5-10H2,1-2H3,(H,22,23)(H,24,26). The lowest BCUT2D eigenvalue weighted by Gasteiger charge is -2.21. The lowest BCUT2D eigenvalue weighted by Crippen LogP contribution is -2.21. The zero-order chi connectivity index (χ0) is 19.5. The van der Waals surface area contributed by atoms with E-state index in [0.717, 1.165) is 60.5 Å². The maximum atomic E-state index is 12.4. The lowest BCUT2D eigenvalue weighted by atomic mass is 9.97. The number of nitrogens with zero attached hydrogens (tertiary/aromatic N) is 2. The van der Waals surface area contributed by atoms with Gasteiger partial charge >= 0.3 is 5.69 Å². The van der Waals surface area contributed by atoms with Gasteiger partial charge in [0.25, 0.3) is 0 Å². The van der Waals surface area contributed by atoms with Crippen LogP contribution in [0.25, 0.3) is 11.0 Å². The molecule has 0 radical (unpaired) electrons. The van der Waals surface area contributed by atoms with Crippen LogP contribution in [-0.4, -0.2) is 34.9 Å². The number of hydrogen-bond acceptors (Lipinski definition) is 5. The van der Waals surface area contributed by atoms with Gasteiger partial charge in [0.15, 0.2) is 0 Å². The highest BCUT2D eigenvalue weighted by atomic mass is 16.5. The molecule has 7 heteroatoms. The van der Waals surface area contributed by atoms with Crippen LogP contribution in [0.2, 0.25) is 0 Å². The van der Waals surface area contributed by atoms with Gasteiger partial charge in [-0.3, -0.25) is 4.57 Å². The van der Waals surface area contributed by atoms with Gasteiger partial charge in [-0.2, -0.15) is 0 Å². The second kappa shape index (κ2) is 8.06. The number of nitrogens with one attached hydrogen (secondary N) is 2. The van der Waals surface area contributed by atoms with Gasteiger partial charge in [-0.05, 0) is 55.9 Å². The number of rotatable bonds is 6. The number of anilines is 2. The molecule has 0 amide bonds. The van der Waals surface area contributed by atoms with Crippen molar-refractivity contribution in [3.8, 4) is 5.75 Å². The predicted molar refractivity (Wildman–Crippen MR) is 110 cm³/mol. The molecule has 4 rings (SSSR count). The smallest absolute Gasteiger partial charge is 0.326 e. The summed E-state index contributed by atoms with van der Waals surface area (Å²) in [6.45, 7) is 4.37. The van der Waals surface area contributed by atoms with E-state index in [4.69, 9.17) is 9.47 Å². The minimum Gasteiger partial charge on any atom is -0.497 e. The third-order valence-corrected chi connectivity index (χ3v) is 5.46. The molecule has 148 valence electrons. The Morgan fingerprint density at radius 1 is 1.32 bits per heavy atom. The maximum absolute atomic E-state index is 12.4. The van der Waals surface area contributed by atoms with Gasteiger partial charge in [-0.15, -0.1) is 0 Å². The maximum Gasteiger partial charge on any atom is 0.326 e. The number of ether oxygens (including phenoxy) is 2. The van der Waals surface area contributed by atoms with Crippen molar-refractivity contribution >= 4 is 22.5 Å². The monoisotopic (exact) mass is 382 g/mol. The van der Waals surface area contributed by atoms with Gasteiger partial charge in [-0.25, -0.2) is 9.78 Å². The fourth-order valence-corrected chi connectivity index (χ4v) is 3.73. The van der Waals surface area contributed by atoms with E-state index in [1.807, 2.05) is 35.8 Å². The molecule has 0 spiro atoms. The molecule has 1 fully saturated rings. The third kappa shape index (κ3) is 3.89. The topological polar surface area (TPSA) is 81.2 Å². The molecule has 0 bridgehead atoms. The number of fused-ring (bicyclic) bond motifs is 1. The van der Waals surface area contributed by atoms with Crippen molar-refractivity contribution in [2.24, 2.45) is 5.92 Å². The first-order chi connectivity index (χ1) is 13.6. The van der Waals surface area contributed by atoms with E-state index in [9.17, 15) is 4.79 Å². The Labute approximate surface area is 163 Å². The van der Waals surface area contributed by atoms with Crippen molar-refractivity contribution in [1.29, 1.82) is 0 Å². The first-order valence-corrected chi connectivity index (χ1v) is 9.72. The van der Waals surface area contributed by atoms with E-state index in [1.165, 1.54) is 0 Å². The van der Waals surface area contributed by atoms with Gasteiger partial charge in [0.05, 0.1) is 24.3 Å². The third-order valence-electron chi connectivity index (χ3n) is 5.46. The average Bonchev–Trinajstić information content (AvgIpc) is 3.03. The van der Waals surface area contributed by atoms with Crippen molar-refractivity contribution < 1.29 is 9.47 Å². The molecule has 0 saturated carbocycles. The van der Waals surface area contributed by atoms with Crippen LogP contribution in [0.3, 0.4) is 0 Å². The van der Waals surface area contributed by atoms with Crippen LogP contribution >= 0.6 is 0 Å².